The van der Waals surface area contributed by atoms with Gasteiger partial charge in [-0.1, -0.05) is 0 Å². The van der Waals surface area contributed by atoms with Gasteiger partial charge in [0.05, 0.1) is 6.33 Å². The minimum Gasteiger partial charge on any atom is -0.476 e. The molecule has 0 radical (unpaired) electrons. The van der Waals surface area contributed by atoms with Crippen LogP contribution < -0.4 is 11.1 Å². The summed E-state index contributed by atoms with van der Waals surface area (Å²) in [5, 5.41) is 11.5. The number of amides is 1. The van der Waals surface area contributed by atoms with Crippen LogP contribution in [0.3, 0.4) is 0 Å². The summed E-state index contributed by atoms with van der Waals surface area (Å²) in [5.74, 6) is -0.603. The number of nitrogens with two attached hydrogens (primary N) is 1. The van der Waals surface area contributed by atoms with Gasteiger partial charge in [-0.05, 0) is 18.8 Å². The lowest BCUT2D eigenvalue weighted by molar-refractivity contribution is -0.121. The second-order valence-electron chi connectivity index (χ2n) is 4.86. The molecule has 1 saturated carbocycles. The van der Waals surface area contributed by atoms with E-state index in [1.54, 1.807) is 4.57 Å². The fourth-order valence-corrected chi connectivity index (χ4v) is 1.89. The number of hydrogen-bond donors (Lipinski definition) is 3. The molecular formula is C12H18N4O3. The number of imidazole rings is 1. The van der Waals surface area contributed by atoms with Crippen LogP contribution >= 0.6 is 0 Å². The van der Waals surface area contributed by atoms with Crippen LogP contribution in [0.5, 0.6) is 0 Å². The SMILES string of the molecule is NC(CC(=O)NCCn1cnc(C(=O)O)c1)C1CC1. The highest BCUT2D eigenvalue weighted by atomic mass is 16.4. The minimum atomic E-state index is -1.06. The first kappa shape index (κ1) is 13.5. The number of carbonyl (C=O) groups is 2. The van der Waals surface area contributed by atoms with E-state index in [2.05, 4.69) is 10.3 Å². The van der Waals surface area contributed by atoms with E-state index in [1.165, 1.54) is 12.5 Å². The van der Waals surface area contributed by atoms with Crippen molar-refractivity contribution in [2.75, 3.05) is 6.54 Å². The van der Waals surface area contributed by atoms with Gasteiger partial charge in [-0.15, -0.1) is 0 Å². The fourth-order valence-electron chi connectivity index (χ4n) is 1.89. The van der Waals surface area contributed by atoms with Crippen LogP contribution in [-0.2, 0) is 11.3 Å². The second-order valence-corrected chi connectivity index (χ2v) is 4.86. The van der Waals surface area contributed by atoms with Gasteiger partial charge in [0.25, 0.3) is 0 Å². The molecule has 104 valence electrons. The molecule has 0 aliphatic heterocycles. The van der Waals surface area contributed by atoms with Gasteiger partial charge in [0.2, 0.25) is 5.91 Å². The normalized spacial score (nSPS) is 16.1. The van der Waals surface area contributed by atoms with Crippen molar-refractivity contribution in [1.29, 1.82) is 0 Å². The van der Waals surface area contributed by atoms with Crippen LogP contribution in [0, 0.1) is 5.92 Å². The lowest BCUT2D eigenvalue weighted by atomic mass is 10.1. The Hall–Kier alpha value is -1.89. The third kappa shape index (κ3) is 4.06. The Kier molecular flexibility index (Phi) is 4.16. The highest BCUT2D eigenvalue weighted by Gasteiger charge is 2.29. The van der Waals surface area contributed by atoms with Gasteiger partial charge >= 0.3 is 5.97 Å². The number of carbonyl (C=O) groups excluding carboxylic acids is 1. The van der Waals surface area contributed by atoms with Crippen molar-refractivity contribution < 1.29 is 14.7 Å². The average molecular weight is 266 g/mol. The lowest BCUT2D eigenvalue weighted by Crippen LogP contribution is -2.34. The van der Waals surface area contributed by atoms with Crippen LogP contribution in [0.25, 0.3) is 0 Å². The van der Waals surface area contributed by atoms with E-state index < -0.39 is 5.97 Å². The molecule has 1 amide bonds. The lowest BCUT2D eigenvalue weighted by Gasteiger charge is -2.10. The number of carboxylic acid groups (broad SMARTS) is 1. The summed E-state index contributed by atoms with van der Waals surface area (Å²) in [7, 11) is 0. The van der Waals surface area contributed by atoms with Gasteiger partial charge in [0, 0.05) is 31.7 Å². The standard InChI is InChI=1S/C12H18N4O3/c13-9(8-1-2-8)5-11(17)14-3-4-16-6-10(12(18)19)15-7-16/h6-9H,1-5,13H2,(H,14,17)(H,18,19). The van der Waals surface area contributed by atoms with Crippen molar-refractivity contribution in [2.45, 2.75) is 31.8 Å². The van der Waals surface area contributed by atoms with E-state index in [0.29, 0.717) is 25.4 Å². The molecule has 1 aromatic rings. The molecule has 2 rings (SSSR count). The van der Waals surface area contributed by atoms with Gasteiger partial charge in [-0.3, -0.25) is 4.79 Å². The largest absolute Gasteiger partial charge is 0.476 e. The van der Waals surface area contributed by atoms with E-state index in [9.17, 15) is 9.59 Å². The zero-order valence-electron chi connectivity index (χ0n) is 10.6. The van der Waals surface area contributed by atoms with Gasteiger partial charge in [0.15, 0.2) is 5.69 Å². The minimum absolute atomic E-state index is 0.00193. The van der Waals surface area contributed by atoms with E-state index in [4.69, 9.17) is 10.8 Å². The first-order valence-electron chi connectivity index (χ1n) is 6.33. The summed E-state index contributed by atoms with van der Waals surface area (Å²) in [6, 6.07) is -0.0353. The number of nitrogens with one attached hydrogen (secondary N) is 1. The molecule has 1 heterocycles. The Bertz CT molecular complexity index is 467. The summed E-state index contributed by atoms with van der Waals surface area (Å²) >= 11 is 0. The zero-order chi connectivity index (χ0) is 13.8. The van der Waals surface area contributed by atoms with Gasteiger partial charge in [-0.25, -0.2) is 9.78 Å². The van der Waals surface area contributed by atoms with Crippen molar-refractivity contribution in [3.63, 3.8) is 0 Å². The van der Waals surface area contributed by atoms with Crippen LogP contribution in [0.4, 0.5) is 0 Å². The summed E-state index contributed by atoms with van der Waals surface area (Å²) < 4.78 is 1.63. The number of hydrogen-bond acceptors (Lipinski definition) is 4. The summed E-state index contributed by atoms with van der Waals surface area (Å²) in [6.45, 7) is 0.927. The topological polar surface area (TPSA) is 110 Å². The van der Waals surface area contributed by atoms with Gasteiger partial charge < -0.3 is 20.7 Å². The number of rotatable bonds is 7. The highest BCUT2D eigenvalue weighted by Crippen LogP contribution is 2.32. The quantitative estimate of drug-likeness (QED) is 0.634. The Morgan fingerprint density at radius 2 is 2.32 bits per heavy atom. The number of aromatic carboxylic acids is 1. The van der Waals surface area contributed by atoms with Crippen molar-refractivity contribution in [1.82, 2.24) is 14.9 Å². The highest BCUT2D eigenvalue weighted by molar-refractivity contribution is 5.84. The van der Waals surface area contributed by atoms with E-state index in [1.807, 2.05) is 0 Å². The molecule has 1 aromatic heterocycles. The van der Waals surface area contributed by atoms with E-state index in [0.717, 1.165) is 12.8 Å². The van der Waals surface area contributed by atoms with Crippen LogP contribution in [-0.4, -0.2) is 39.1 Å². The van der Waals surface area contributed by atoms with E-state index in [-0.39, 0.29) is 17.6 Å². The summed E-state index contributed by atoms with van der Waals surface area (Å²) in [5.41, 5.74) is 5.86. The van der Waals surface area contributed by atoms with Crippen molar-refractivity contribution in [3.8, 4) is 0 Å². The molecule has 7 nitrogen and oxygen atoms in total. The van der Waals surface area contributed by atoms with Crippen LogP contribution in [0.2, 0.25) is 0 Å². The molecule has 1 fully saturated rings. The predicted octanol–water partition coefficient (Wildman–Crippen LogP) is -0.175. The molecule has 4 N–H and O–H groups in total. The smallest absolute Gasteiger partial charge is 0.356 e. The maximum Gasteiger partial charge on any atom is 0.356 e. The van der Waals surface area contributed by atoms with Crippen LogP contribution in [0.1, 0.15) is 29.8 Å². The third-order valence-electron chi connectivity index (χ3n) is 3.19. The summed E-state index contributed by atoms with van der Waals surface area (Å²) in [6.07, 6.45) is 5.48. The van der Waals surface area contributed by atoms with Crippen molar-refractivity contribution in [3.05, 3.63) is 18.2 Å². The Morgan fingerprint density at radius 1 is 1.58 bits per heavy atom. The average Bonchev–Trinajstić information content (AvgIpc) is 3.09. The van der Waals surface area contributed by atoms with Gasteiger partial charge in [-0.2, -0.15) is 0 Å². The maximum absolute atomic E-state index is 11.6. The Morgan fingerprint density at radius 3 is 2.89 bits per heavy atom. The Labute approximate surface area is 110 Å². The van der Waals surface area contributed by atoms with Crippen LogP contribution in [0.15, 0.2) is 12.5 Å². The molecule has 0 bridgehead atoms. The van der Waals surface area contributed by atoms with Gasteiger partial charge in [0.1, 0.15) is 0 Å². The monoisotopic (exact) mass is 266 g/mol. The number of aromatic nitrogens is 2. The molecule has 7 heteroatoms. The first-order chi connectivity index (χ1) is 9.06. The summed E-state index contributed by atoms with van der Waals surface area (Å²) in [4.78, 5) is 25.9. The number of carboxylic acids is 1. The molecule has 1 aliphatic rings. The van der Waals surface area contributed by atoms with Crippen molar-refractivity contribution >= 4 is 11.9 Å². The molecule has 1 unspecified atom stereocenters. The molecule has 19 heavy (non-hydrogen) atoms. The van der Waals surface area contributed by atoms with Crippen molar-refractivity contribution in [2.24, 2.45) is 11.7 Å². The molecule has 0 spiro atoms. The molecule has 0 saturated heterocycles. The zero-order valence-corrected chi connectivity index (χ0v) is 10.6. The second kappa shape index (κ2) is 5.83. The Balaban J connectivity index is 1.67. The van der Waals surface area contributed by atoms with E-state index >= 15 is 0 Å². The predicted molar refractivity (Wildman–Crippen MR) is 67.5 cm³/mol. The number of nitrogens with zero attached hydrogens (tertiary/aromatic N) is 2. The molecular weight excluding hydrogens is 248 g/mol. The third-order valence-corrected chi connectivity index (χ3v) is 3.19. The molecule has 1 atom stereocenters. The molecule has 0 aromatic carbocycles. The fraction of sp³-hybridized carbons (Fsp3) is 0.583. The maximum atomic E-state index is 11.6. The molecule has 1 aliphatic carbocycles. The first-order valence-corrected chi connectivity index (χ1v) is 6.33.